The van der Waals surface area contributed by atoms with Crippen molar-refractivity contribution in [3.05, 3.63) is 54.6 Å². The molecule has 0 saturated carbocycles. The van der Waals surface area contributed by atoms with Crippen LogP contribution < -0.4 is 0 Å². The maximum atomic E-state index is 6.36. The van der Waals surface area contributed by atoms with Crippen LogP contribution in [-0.2, 0) is 24.2 Å². The van der Waals surface area contributed by atoms with E-state index in [-0.39, 0.29) is 0 Å². The van der Waals surface area contributed by atoms with Gasteiger partial charge in [0.2, 0.25) is 0 Å². The van der Waals surface area contributed by atoms with Crippen LogP contribution in [0.4, 0.5) is 0 Å². The lowest BCUT2D eigenvalue weighted by Gasteiger charge is -2.09. The van der Waals surface area contributed by atoms with Crippen LogP contribution in [0.2, 0.25) is 5.02 Å². The van der Waals surface area contributed by atoms with Gasteiger partial charge in [0.15, 0.2) is 0 Å². The Morgan fingerprint density at radius 1 is 1.21 bits per heavy atom. The van der Waals surface area contributed by atoms with E-state index >= 15 is 0 Å². The molecule has 1 aromatic carbocycles. The van der Waals surface area contributed by atoms with Gasteiger partial charge in [0.25, 0.3) is 0 Å². The molecule has 0 aliphatic rings. The van der Waals surface area contributed by atoms with E-state index in [0.29, 0.717) is 6.61 Å². The fourth-order valence-corrected chi connectivity index (χ4v) is 3.67. The molecule has 2 aromatic rings. The van der Waals surface area contributed by atoms with Crippen molar-refractivity contribution >= 4 is 38.9 Å². The molecule has 0 amide bonds. The van der Waals surface area contributed by atoms with Crippen LogP contribution in [0.25, 0.3) is 0 Å². The van der Waals surface area contributed by atoms with Crippen LogP contribution in [-0.4, -0.2) is 7.11 Å². The molecule has 0 atom stereocenters. The van der Waals surface area contributed by atoms with Crippen LogP contribution in [0.3, 0.4) is 0 Å². The molecule has 0 N–H and O–H groups in total. The summed E-state index contributed by atoms with van der Waals surface area (Å²) in [6.07, 6.45) is 1.98. The van der Waals surface area contributed by atoms with Gasteiger partial charge in [-0.25, -0.2) is 0 Å². The molecule has 1 nitrogen and oxygen atoms in total. The van der Waals surface area contributed by atoms with Gasteiger partial charge in [-0.3, -0.25) is 0 Å². The summed E-state index contributed by atoms with van der Waals surface area (Å²) in [4.78, 5) is 2.77. The topological polar surface area (TPSA) is 9.23 Å². The Labute approximate surface area is 131 Å². The second kappa shape index (κ2) is 6.89. The van der Waals surface area contributed by atoms with E-state index in [1.54, 1.807) is 7.11 Å². The zero-order valence-corrected chi connectivity index (χ0v) is 14.2. The maximum Gasteiger partial charge on any atom is 0.0724 e. The smallest absolute Gasteiger partial charge is 0.0724 e. The first-order valence-electron chi connectivity index (χ1n) is 6.17. The van der Waals surface area contributed by atoms with Gasteiger partial charge in [0.05, 0.1) is 6.61 Å². The van der Waals surface area contributed by atoms with E-state index in [1.807, 2.05) is 17.4 Å². The summed E-state index contributed by atoms with van der Waals surface area (Å²) < 4.78 is 6.21. The van der Waals surface area contributed by atoms with E-state index in [9.17, 15) is 0 Å². The lowest BCUT2D eigenvalue weighted by molar-refractivity contribution is 0.184. The molecule has 0 bridgehead atoms. The van der Waals surface area contributed by atoms with E-state index in [4.69, 9.17) is 16.3 Å². The summed E-state index contributed by atoms with van der Waals surface area (Å²) in [5.41, 5.74) is 2.23. The van der Waals surface area contributed by atoms with Crippen molar-refractivity contribution < 1.29 is 4.74 Å². The SMILES string of the molecule is CCc1ccc(Cc2cc(Br)c(COC)cc2Cl)s1. The number of aryl methyl sites for hydroxylation is 1. The summed E-state index contributed by atoms with van der Waals surface area (Å²) in [5, 5.41) is 0.807. The minimum Gasteiger partial charge on any atom is -0.380 e. The Hall–Kier alpha value is -0.350. The Morgan fingerprint density at radius 2 is 1.95 bits per heavy atom. The average Bonchev–Trinajstić information content (AvgIpc) is 2.83. The number of ether oxygens (including phenoxy) is 1. The average molecular weight is 360 g/mol. The Balaban J connectivity index is 2.22. The maximum absolute atomic E-state index is 6.36. The highest BCUT2D eigenvalue weighted by Gasteiger charge is 2.09. The van der Waals surface area contributed by atoms with Gasteiger partial charge in [-0.2, -0.15) is 0 Å². The fourth-order valence-electron chi connectivity index (χ4n) is 1.93. The summed E-state index contributed by atoms with van der Waals surface area (Å²) >= 11 is 11.8. The Morgan fingerprint density at radius 3 is 2.58 bits per heavy atom. The van der Waals surface area contributed by atoms with Gasteiger partial charge in [0, 0.05) is 32.8 Å². The third-order valence-electron chi connectivity index (χ3n) is 2.95. The predicted octanol–water partition coefficient (Wildman–Crippen LogP) is 5.46. The first-order chi connectivity index (χ1) is 9.13. The molecular weight excluding hydrogens is 344 g/mol. The number of hydrogen-bond acceptors (Lipinski definition) is 2. The highest BCUT2D eigenvalue weighted by molar-refractivity contribution is 9.10. The number of rotatable bonds is 5. The third-order valence-corrected chi connectivity index (χ3v) is 5.27. The molecule has 0 fully saturated rings. The highest BCUT2D eigenvalue weighted by atomic mass is 79.9. The second-order valence-corrected chi connectivity index (χ2v) is 6.88. The zero-order valence-electron chi connectivity index (χ0n) is 11.0. The molecule has 0 spiro atoms. The second-order valence-electron chi connectivity index (χ2n) is 4.37. The number of halogens is 2. The molecule has 4 heteroatoms. The molecule has 19 heavy (non-hydrogen) atoms. The van der Waals surface area contributed by atoms with Crippen molar-refractivity contribution in [3.63, 3.8) is 0 Å². The molecule has 0 unspecified atom stereocenters. The Kier molecular flexibility index (Phi) is 5.46. The number of hydrogen-bond donors (Lipinski definition) is 0. The van der Waals surface area contributed by atoms with Gasteiger partial charge in [-0.1, -0.05) is 34.5 Å². The summed E-state index contributed by atoms with van der Waals surface area (Å²) in [7, 11) is 1.69. The number of methoxy groups -OCH3 is 1. The van der Waals surface area contributed by atoms with Crippen LogP contribution in [0.5, 0.6) is 0 Å². The monoisotopic (exact) mass is 358 g/mol. The van der Waals surface area contributed by atoms with Crippen molar-refractivity contribution in [3.8, 4) is 0 Å². The number of benzene rings is 1. The van der Waals surface area contributed by atoms with Gasteiger partial charge >= 0.3 is 0 Å². The van der Waals surface area contributed by atoms with Crippen LogP contribution >= 0.6 is 38.9 Å². The largest absolute Gasteiger partial charge is 0.380 e. The first-order valence-corrected chi connectivity index (χ1v) is 8.16. The van der Waals surface area contributed by atoms with Crippen molar-refractivity contribution in [1.82, 2.24) is 0 Å². The molecule has 1 aromatic heterocycles. The van der Waals surface area contributed by atoms with E-state index in [1.165, 1.54) is 9.75 Å². The first kappa shape index (κ1) is 15.0. The number of thiophene rings is 1. The van der Waals surface area contributed by atoms with Crippen LogP contribution in [0.15, 0.2) is 28.7 Å². The lowest BCUT2D eigenvalue weighted by atomic mass is 10.1. The summed E-state index contributed by atoms with van der Waals surface area (Å²) in [5.74, 6) is 0. The minimum absolute atomic E-state index is 0.569. The highest BCUT2D eigenvalue weighted by Crippen LogP contribution is 2.29. The fraction of sp³-hybridized carbons (Fsp3) is 0.333. The molecule has 0 radical (unpaired) electrons. The zero-order chi connectivity index (χ0) is 13.8. The van der Waals surface area contributed by atoms with Gasteiger partial charge in [-0.15, -0.1) is 11.3 Å². The normalized spacial score (nSPS) is 10.9. The molecule has 0 aliphatic heterocycles. The van der Waals surface area contributed by atoms with Crippen molar-refractivity contribution in [1.29, 1.82) is 0 Å². The lowest BCUT2D eigenvalue weighted by Crippen LogP contribution is -1.93. The van der Waals surface area contributed by atoms with Gasteiger partial charge < -0.3 is 4.74 Å². The van der Waals surface area contributed by atoms with Crippen molar-refractivity contribution in [2.24, 2.45) is 0 Å². The van der Waals surface area contributed by atoms with E-state index in [2.05, 4.69) is 41.1 Å². The van der Waals surface area contributed by atoms with Crippen LogP contribution in [0, 0.1) is 0 Å². The van der Waals surface area contributed by atoms with Crippen molar-refractivity contribution in [2.75, 3.05) is 7.11 Å². The molecular formula is C15H16BrClOS. The van der Waals surface area contributed by atoms with Gasteiger partial charge in [-0.05, 0) is 41.8 Å². The minimum atomic E-state index is 0.569. The third kappa shape index (κ3) is 3.82. The summed E-state index contributed by atoms with van der Waals surface area (Å²) in [6.45, 7) is 2.75. The quantitative estimate of drug-likeness (QED) is 0.688. The molecule has 102 valence electrons. The molecule has 2 rings (SSSR count). The van der Waals surface area contributed by atoms with E-state index < -0.39 is 0 Å². The molecule has 0 aliphatic carbocycles. The molecule has 1 heterocycles. The Bertz CT molecular complexity index is 565. The standard InChI is InChI=1S/C15H16BrClOS/c1-3-12-4-5-13(19-12)6-10-7-14(16)11(9-18-2)8-15(10)17/h4-5,7-8H,3,6,9H2,1-2H3. The summed E-state index contributed by atoms with van der Waals surface area (Å²) in [6, 6.07) is 8.47. The molecule has 0 saturated heterocycles. The van der Waals surface area contributed by atoms with Crippen LogP contribution in [0.1, 0.15) is 27.8 Å². The van der Waals surface area contributed by atoms with E-state index in [0.717, 1.165) is 33.5 Å². The van der Waals surface area contributed by atoms with Gasteiger partial charge in [0.1, 0.15) is 0 Å². The predicted molar refractivity (Wildman–Crippen MR) is 86.4 cm³/mol. The van der Waals surface area contributed by atoms with Crippen molar-refractivity contribution in [2.45, 2.75) is 26.4 Å².